The zero-order valence-corrected chi connectivity index (χ0v) is 13.7. The van der Waals surface area contributed by atoms with Crippen molar-refractivity contribution in [3.63, 3.8) is 0 Å². The predicted molar refractivity (Wildman–Crippen MR) is 88.2 cm³/mol. The third-order valence-corrected chi connectivity index (χ3v) is 4.50. The van der Waals surface area contributed by atoms with Crippen LogP contribution in [0.5, 0.6) is 0 Å². The van der Waals surface area contributed by atoms with Gasteiger partial charge in [-0.3, -0.25) is 9.48 Å². The molecule has 128 valence electrons. The number of hydrogen-bond donors (Lipinski definition) is 0. The van der Waals surface area contributed by atoms with E-state index in [2.05, 4.69) is 15.4 Å². The number of hydrogen-bond acceptors (Lipinski definition) is 4. The van der Waals surface area contributed by atoms with Crippen LogP contribution in [0.2, 0.25) is 0 Å². The van der Waals surface area contributed by atoms with Crippen LogP contribution in [-0.2, 0) is 7.05 Å². The van der Waals surface area contributed by atoms with E-state index in [1.165, 1.54) is 12.1 Å². The first-order valence-corrected chi connectivity index (χ1v) is 8.07. The predicted octanol–water partition coefficient (Wildman–Crippen LogP) is 1.90. The Labute approximate surface area is 143 Å². The fourth-order valence-electron chi connectivity index (χ4n) is 3.15. The molecule has 0 N–H and O–H groups in total. The summed E-state index contributed by atoms with van der Waals surface area (Å²) >= 11 is 0. The molecule has 0 radical (unpaired) electrons. The van der Waals surface area contributed by atoms with E-state index in [4.69, 9.17) is 0 Å². The topological polar surface area (TPSA) is 68.8 Å². The largest absolute Gasteiger partial charge is 0.335 e. The molecule has 25 heavy (non-hydrogen) atoms. The highest BCUT2D eigenvalue weighted by molar-refractivity contribution is 5.94. The van der Waals surface area contributed by atoms with Gasteiger partial charge in [0.15, 0.2) is 0 Å². The number of carbonyl (C=O) groups is 1. The zero-order valence-electron chi connectivity index (χ0n) is 13.7. The summed E-state index contributed by atoms with van der Waals surface area (Å²) in [5.41, 5.74) is 1.94. The summed E-state index contributed by atoms with van der Waals surface area (Å²) in [6.07, 6.45) is 4.30. The fraction of sp³-hybridized carbons (Fsp3) is 0.294. The van der Waals surface area contributed by atoms with Crippen molar-refractivity contribution in [3.05, 3.63) is 54.2 Å². The maximum atomic E-state index is 13.1. The first kappa shape index (κ1) is 15.5. The van der Waals surface area contributed by atoms with E-state index in [9.17, 15) is 9.18 Å². The Balaban J connectivity index is 1.54. The number of halogens is 1. The molecule has 1 aliphatic heterocycles. The van der Waals surface area contributed by atoms with Gasteiger partial charge in [0.25, 0.3) is 5.91 Å². The molecule has 1 amide bonds. The van der Waals surface area contributed by atoms with Gasteiger partial charge in [0.05, 0.1) is 17.9 Å². The molecule has 4 rings (SSSR count). The Morgan fingerprint density at radius 2 is 2.08 bits per heavy atom. The van der Waals surface area contributed by atoms with E-state index in [1.807, 2.05) is 6.20 Å². The first-order chi connectivity index (χ1) is 12.1. The number of aryl methyl sites for hydroxylation is 1. The van der Waals surface area contributed by atoms with Gasteiger partial charge in [0.1, 0.15) is 11.5 Å². The molecule has 1 aliphatic rings. The summed E-state index contributed by atoms with van der Waals surface area (Å²) in [4.78, 5) is 14.6. The van der Waals surface area contributed by atoms with Crippen LogP contribution in [0.4, 0.5) is 4.39 Å². The molecule has 0 bridgehead atoms. The van der Waals surface area contributed by atoms with Crippen LogP contribution in [0, 0.1) is 5.82 Å². The average Bonchev–Trinajstić information content (AvgIpc) is 3.35. The minimum absolute atomic E-state index is 0.0639. The van der Waals surface area contributed by atoms with Crippen LogP contribution in [0.15, 0.2) is 42.7 Å². The Morgan fingerprint density at radius 3 is 2.80 bits per heavy atom. The van der Waals surface area contributed by atoms with Crippen molar-refractivity contribution >= 4 is 5.91 Å². The number of aromatic nitrogens is 5. The van der Waals surface area contributed by atoms with Gasteiger partial charge in [-0.15, -0.1) is 5.10 Å². The van der Waals surface area contributed by atoms with Crippen LogP contribution < -0.4 is 0 Å². The van der Waals surface area contributed by atoms with Crippen LogP contribution in [0.3, 0.4) is 0 Å². The molecule has 3 heterocycles. The maximum absolute atomic E-state index is 13.1. The molecule has 1 saturated heterocycles. The number of rotatable bonds is 3. The first-order valence-electron chi connectivity index (χ1n) is 8.07. The van der Waals surface area contributed by atoms with E-state index in [-0.39, 0.29) is 17.8 Å². The Kier molecular flexibility index (Phi) is 3.79. The zero-order chi connectivity index (χ0) is 17.4. The van der Waals surface area contributed by atoms with Crippen molar-refractivity contribution in [2.45, 2.75) is 12.5 Å². The minimum atomic E-state index is -0.299. The van der Waals surface area contributed by atoms with Gasteiger partial charge in [-0.05, 0) is 36.8 Å². The highest BCUT2D eigenvalue weighted by Gasteiger charge is 2.30. The van der Waals surface area contributed by atoms with Crippen molar-refractivity contribution in [3.8, 4) is 11.3 Å². The molecule has 0 unspecified atom stereocenters. The van der Waals surface area contributed by atoms with Gasteiger partial charge in [-0.25, -0.2) is 9.07 Å². The SMILES string of the molecule is Cn1nc(-c2ccc(F)cc2)cc1C(=O)N1CC[C@H](n2ccnn2)C1. The molecule has 1 atom stereocenters. The van der Waals surface area contributed by atoms with Gasteiger partial charge < -0.3 is 4.90 Å². The highest BCUT2D eigenvalue weighted by Crippen LogP contribution is 2.24. The second-order valence-electron chi connectivity index (χ2n) is 6.12. The monoisotopic (exact) mass is 340 g/mol. The second kappa shape index (κ2) is 6.12. The van der Waals surface area contributed by atoms with Crippen LogP contribution >= 0.6 is 0 Å². The summed E-state index contributed by atoms with van der Waals surface area (Å²) in [6, 6.07) is 7.98. The Hall–Kier alpha value is -3.03. The van der Waals surface area contributed by atoms with E-state index >= 15 is 0 Å². The lowest BCUT2D eigenvalue weighted by Crippen LogP contribution is -2.30. The molecular weight excluding hydrogens is 323 g/mol. The molecule has 3 aromatic rings. The van der Waals surface area contributed by atoms with Crippen molar-refractivity contribution in [2.75, 3.05) is 13.1 Å². The van der Waals surface area contributed by atoms with E-state index in [1.54, 1.807) is 45.7 Å². The normalized spacial score (nSPS) is 17.2. The summed E-state index contributed by atoms with van der Waals surface area (Å²) in [5.74, 6) is -0.363. The van der Waals surface area contributed by atoms with Gasteiger partial charge in [0.2, 0.25) is 0 Å². The summed E-state index contributed by atoms with van der Waals surface area (Å²) in [6.45, 7) is 1.26. The lowest BCUT2D eigenvalue weighted by atomic mass is 10.1. The molecular formula is C17H17FN6O. The second-order valence-corrected chi connectivity index (χ2v) is 6.12. The Morgan fingerprint density at radius 1 is 1.28 bits per heavy atom. The van der Waals surface area contributed by atoms with Crippen molar-refractivity contribution < 1.29 is 9.18 Å². The standard InChI is InChI=1S/C17H17FN6O/c1-22-16(10-15(20-22)12-2-4-13(18)5-3-12)17(25)23-8-6-14(11-23)24-9-7-19-21-24/h2-5,7,9-10,14H,6,8,11H2,1H3/t14-/m0/s1. The number of benzene rings is 1. The van der Waals surface area contributed by atoms with E-state index in [0.717, 1.165) is 12.0 Å². The quantitative estimate of drug-likeness (QED) is 0.730. The molecule has 0 saturated carbocycles. The van der Waals surface area contributed by atoms with E-state index in [0.29, 0.717) is 24.5 Å². The molecule has 2 aromatic heterocycles. The van der Waals surface area contributed by atoms with Crippen molar-refractivity contribution in [2.24, 2.45) is 7.05 Å². The smallest absolute Gasteiger partial charge is 0.272 e. The van der Waals surface area contributed by atoms with Crippen molar-refractivity contribution in [1.29, 1.82) is 0 Å². The molecule has 1 fully saturated rings. The molecule has 0 spiro atoms. The third-order valence-electron chi connectivity index (χ3n) is 4.50. The number of amides is 1. The lowest BCUT2D eigenvalue weighted by molar-refractivity contribution is 0.0776. The molecule has 7 nitrogen and oxygen atoms in total. The van der Waals surface area contributed by atoms with Gasteiger partial charge in [-0.1, -0.05) is 5.21 Å². The summed E-state index contributed by atoms with van der Waals surface area (Å²) in [7, 11) is 1.74. The Bertz CT molecular complexity index is 887. The summed E-state index contributed by atoms with van der Waals surface area (Å²) in [5, 5.41) is 12.2. The number of carbonyl (C=O) groups excluding carboxylic acids is 1. The number of nitrogens with zero attached hydrogens (tertiary/aromatic N) is 6. The van der Waals surface area contributed by atoms with Gasteiger partial charge in [0, 0.05) is 31.9 Å². The van der Waals surface area contributed by atoms with Crippen LogP contribution in [0.1, 0.15) is 23.0 Å². The van der Waals surface area contributed by atoms with Crippen molar-refractivity contribution in [1.82, 2.24) is 29.7 Å². The van der Waals surface area contributed by atoms with Gasteiger partial charge in [-0.2, -0.15) is 5.10 Å². The highest BCUT2D eigenvalue weighted by atomic mass is 19.1. The van der Waals surface area contributed by atoms with Crippen LogP contribution in [-0.4, -0.2) is 48.7 Å². The molecule has 8 heteroatoms. The fourth-order valence-corrected chi connectivity index (χ4v) is 3.15. The van der Waals surface area contributed by atoms with Crippen LogP contribution in [0.25, 0.3) is 11.3 Å². The number of likely N-dealkylation sites (tertiary alicyclic amines) is 1. The maximum Gasteiger partial charge on any atom is 0.272 e. The molecule has 1 aromatic carbocycles. The lowest BCUT2D eigenvalue weighted by Gasteiger charge is -2.16. The third kappa shape index (κ3) is 2.90. The minimum Gasteiger partial charge on any atom is -0.335 e. The summed E-state index contributed by atoms with van der Waals surface area (Å²) < 4.78 is 16.4. The molecule has 0 aliphatic carbocycles. The van der Waals surface area contributed by atoms with Gasteiger partial charge >= 0.3 is 0 Å². The van der Waals surface area contributed by atoms with E-state index < -0.39 is 0 Å². The average molecular weight is 340 g/mol.